The average Bonchev–Trinajstić information content (AvgIpc) is 2.93. The Hall–Kier alpha value is -0.710. The van der Waals surface area contributed by atoms with Crippen molar-refractivity contribution in [2.45, 2.75) is 82.7 Å². The number of ether oxygens (including phenoxy) is 1. The van der Waals surface area contributed by atoms with Crippen LogP contribution in [0.2, 0.25) is 0 Å². The summed E-state index contributed by atoms with van der Waals surface area (Å²) in [5.74, 6) is -18.7. The number of halogens is 9. The molecular formula is C16H22F9NO. The SMILES string of the molecule is CC(C)(C)C1(F)C(F)(F)OC2C(C2(N)F)C(F)(F)C(F)(F)C1(F)C(C)(C)C. The molecule has 0 aromatic heterocycles. The third-order valence-electron chi connectivity index (χ3n) is 5.57. The van der Waals surface area contributed by atoms with E-state index in [9.17, 15) is 30.7 Å². The van der Waals surface area contributed by atoms with Crippen LogP contribution in [0.3, 0.4) is 0 Å². The summed E-state index contributed by atoms with van der Waals surface area (Å²) in [7, 11) is 0. The Bertz CT molecular complexity index is 637. The highest BCUT2D eigenvalue weighted by molar-refractivity contribution is 5.31. The summed E-state index contributed by atoms with van der Waals surface area (Å²) in [5, 5.41) is 0. The maximum Gasteiger partial charge on any atom is 0.394 e. The molecule has 11 heteroatoms. The van der Waals surface area contributed by atoms with Crippen molar-refractivity contribution in [2.24, 2.45) is 22.5 Å². The summed E-state index contributed by atoms with van der Waals surface area (Å²) >= 11 is 0. The Balaban J connectivity index is 2.99. The molecule has 1 heterocycles. The van der Waals surface area contributed by atoms with Crippen LogP contribution >= 0.6 is 0 Å². The molecule has 2 aliphatic rings. The number of nitrogens with two attached hydrogens (primary N) is 1. The molecule has 0 amide bonds. The molecule has 160 valence electrons. The molecule has 1 aliphatic carbocycles. The summed E-state index contributed by atoms with van der Waals surface area (Å²) in [5.41, 5.74) is -10.8. The minimum absolute atomic E-state index is 0.574. The second kappa shape index (κ2) is 5.06. The van der Waals surface area contributed by atoms with Crippen LogP contribution in [0.15, 0.2) is 0 Å². The Kier molecular flexibility index (Phi) is 4.23. The largest absolute Gasteiger partial charge is 0.394 e. The van der Waals surface area contributed by atoms with Crippen LogP contribution in [0.5, 0.6) is 0 Å². The smallest absolute Gasteiger partial charge is 0.309 e. The van der Waals surface area contributed by atoms with E-state index in [0.29, 0.717) is 41.5 Å². The molecule has 1 aliphatic heterocycles. The number of alkyl halides is 9. The molecule has 1 saturated heterocycles. The lowest BCUT2D eigenvalue weighted by Crippen LogP contribution is -2.80. The van der Waals surface area contributed by atoms with Gasteiger partial charge in [-0.15, -0.1) is 0 Å². The Morgan fingerprint density at radius 2 is 1.07 bits per heavy atom. The zero-order valence-electron chi connectivity index (χ0n) is 15.5. The van der Waals surface area contributed by atoms with Gasteiger partial charge in [-0.3, -0.25) is 5.73 Å². The molecule has 2 fully saturated rings. The van der Waals surface area contributed by atoms with Crippen molar-refractivity contribution in [1.82, 2.24) is 0 Å². The fraction of sp³-hybridized carbons (Fsp3) is 1.00. The molecule has 0 radical (unpaired) electrons. The molecule has 2 N–H and O–H groups in total. The monoisotopic (exact) mass is 415 g/mol. The first-order valence-corrected chi connectivity index (χ1v) is 8.13. The molecule has 0 aromatic carbocycles. The molecule has 0 bridgehead atoms. The van der Waals surface area contributed by atoms with Gasteiger partial charge in [-0.05, 0) is 0 Å². The minimum Gasteiger partial charge on any atom is -0.309 e. The van der Waals surface area contributed by atoms with Gasteiger partial charge in [-0.1, -0.05) is 41.5 Å². The van der Waals surface area contributed by atoms with E-state index in [2.05, 4.69) is 4.74 Å². The summed E-state index contributed by atoms with van der Waals surface area (Å²) in [4.78, 5) is 0. The summed E-state index contributed by atoms with van der Waals surface area (Å²) in [6.07, 6.45) is -8.33. The molecule has 5 unspecified atom stereocenters. The Morgan fingerprint density at radius 3 is 1.41 bits per heavy atom. The molecule has 2 rings (SSSR count). The van der Waals surface area contributed by atoms with Crippen molar-refractivity contribution in [2.75, 3.05) is 0 Å². The van der Waals surface area contributed by atoms with Crippen LogP contribution < -0.4 is 5.73 Å². The van der Waals surface area contributed by atoms with E-state index in [1.54, 1.807) is 0 Å². The van der Waals surface area contributed by atoms with Crippen LogP contribution in [0, 0.1) is 16.7 Å². The highest BCUT2D eigenvalue weighted by atomic mass is 19.3. The molecular weight excluding hydrogens is 393 g/mol. The number of fused-ring (bicyclic) bond motifs is 1. The normalized spacial score (nSPS) is 46.2. The van der Waals surface area contributed by atoms with E-state index < -0.39 is 57.9 Å². The maximum atomic E-state index is 15.9. The van der Waals surface area contributed by atoms with Gasteiger partial charge in [-0.25, -0.2) is 13.2 Å². The van der Waals surface area contributed by atoms with E-state index >= 15 is 8.78 Å². The van der Waals surface area contributed by atoms with Gasteiger partial charge in [-0.2, -0.15) is 26.3 Å². The van der Waals surface area contributed by atoms with E-state index in [4.69, 9.17) is 5.73 Å². The van der Waals surface area contributed by atoms with Crippen molar-refractivity contribution in [3.63, 3.8) is 0 Å². The fourth-order valence-corrected chi connectivity index (χ4v) is 4.00. The Labute approximate surface area is 150 Å². The summed E-state index contributed by atoms with van der Waals surface area (Å²) < 4.78 is 138. The lowest BCUT2D eigenvalue weighted by Gasteiger charge is -2.58. The second-order valence-electron chi connectivity index (χ2n) is 9.37. The molecule has 1 saturated carbocycles. The van der Waals surface area contributed by atoms with Gasteiger partial charge in [0.25, 0.3) is 0 Å². The van der Waals surface area contributed by atoms with Gasteiger partial charge < -0.3 is 4.74 Å². The first-order chi connectivity index (χ1) is 11.5. The van der Waals surface area contributed by atoms with E-state index in [0.717, 1.165) is 0 Å². The van der Waals surface area contributed by atoms with Gasteiger partial charge in [0.15, 0.2) is 5.79 Å². The van der Waals surface area contributed by atoms with Crippen molar-refractivity contribution in [3.8, 4) is 0 Å². The fourth-order valence-electron chi connectivity index (χ4n) is 4.00. The van der Waals surface area contributed by atoms with Crippen molar-refractivity contribution < 1.29 is 44.3 Å². The lowest BCUT2D eigenvalue weighted by molar-refractivity contribution is -0.436. The van der Waals surface area contributed by atoms with Crippen molar-refractivity contribution >= 4 is 0 Å². The predicted octanol–water partition coefficient (Wildman–Crippen LogP) is 5.01. The summed E-state index contributed by atoms with van der Waals surface area (Å²) in [6.45, 7) is 3.62. The Morgan fingerprint density at radius 1 is 0.704 bits per heavy atom. The molecule has 2 nitrogen and oxygen atoms in total. The highest BCUT2D eigenvalue weighted by Gasteiger charge is 2.96. The van der Waals surface area contributed by atoms with Crippen molar-refractivity contribution in [3.05, 3.63) is 0 Å². The topological polar surface area (TPSA) is 35.2 Å². The highest BCUT2D eigenvalue weighted by Crippen LogP contribution is 2.73. The van der Waals surface area contributed by atoms with Gasteiger partial charge in [0.1, 0.15) is 12.0 Å². The predicted molar refractivity (Wildman–Crippen MR) is 77.8 cm³/mol. The quantitative estimate of drug-likeness (QED) is 0.446. The third-order valence-corrected chi connectivity index (χ3v) is 5.57. The van der Waals surface area contributed by atoms with Crippen LogP contribution in [-0.2, 0) is 4.74 Å². The first-order valence-electron chi connectivity index (χ1n) is 8.13. The van der Waals surface area contributed by atoms with Crippen LogP contribution in [0.1, 0.15) is 41.5 Å². The van der Waals surface area contributed by atoms with Crippen LogP contribution in [0.25, 0.3) is 0 Å². The van der Waals surface area contributed by atoms with Gasteiger partial charge >= 0.3 is 18.0 Å². The number of rotatable bonds is 0. The molecule has 0 aromatic rings. The van der Waals surface area contributed by atoms with E-state index in [1.165, 1.54) is 0 Å². The third kappa shape index (κ3) is 2.24. The summed E-state index contributed by atoms with van der Waals surface area (Å²) in [6, 6.07) is 0. The van der Waals surface area contributed by atoms with E-state index in [-0.39, 0.29) is 0 Å². The molecule has 5 atom stereocenters. The van der Waals surface area contributed by atoms with Crippen LogP contribution in [-0.4, -0.2) is 41.2 Å². The number of hydrogen-bond acceptors (Lipinski definition) is 2. The molecule has 27 heavy (non-hydrogen) atoms. The van der Waals surface area contributed by atoms with E-state index in [1.807, 2.05) is 0 Å². The zero-order valence-corrected chi connectivity index (χ0v) is 15.5. The second-order valence-corrected chi connectivity index (χ2v) is 9.37. The van der Waals surface area contributed by atoms with Gasteiger partial charge in [0.05, 0.1) is 0 Å². The lowest BCUT2D eigenvalue weighted by atomic mass is 9.55. The first kappa shape index (κ1) is 22.6. The minimum atomic E-state index is -6.05. The van der Waals surface area contributed by atoms with Gasteiger partial charge in [0, 0.05) is 10.8 Å². The molecule has 0 spiro atoms. The maximum absolute atomic E-state index is 15.9. The average molecular weight is 415 g/mol. The van der Waals surface area contributed by atoms with Crippen molar-refractivity contribution in [1.29, 1.82) is 0 Å². The standard InChI is InChI=1S/C16H22F9NO/c1-9(2,3)13(20)14(21,10(4,5)6)16(24,25)27-8-7(11(8,17)26)12(18,19)15(13,22)23/h7-8H,26H2,1-6H3. The van der Waals surface area contributed by atoms with Gasteiger partial charge in [0.2, 0.25) is 11.3 Å². The van der Waals surface area contributed by atoms with Crippen LogP contribution in [0.4, 0.5) is 39.5 Å². The zero-order chi connectivity index (χ0) is 21.9. The number of hydrogen-bond donors (Lipinski definition) is 1.